The van der Waals surface area contributed by atoms with Crippen molar-refractivity contribution in [2.75, 3.05) is 58.1 Å². The second kappa shape index (κ2) is 24.3. The number of rotatable bonds is 20. The monoisotopic (exact) mass is 948 g/mol. The van der Waals surface area contributed by atoms with Gasteiger partial charge in [-0.25, -0.2) is 37.9 Å². The number of carbonyl (C=O) groups is 2. The third kappa shape index (κ3) is 14.4. The van der Waals surface area contributed by atoms with Crippen molar-refractivity contribution in [2.45, 2.75) is 26.2 Å². The van der Waals surface area contributed by atoms with Crippen molar-refractivity contribution in [1.82, 2.24) is 28.2 Å². The van der Waals surface area contributed by atoms with E-state index >= 15 is 0 Å². The van der Waals surface area contributed by atoms with E-state index in [1.807, 2.05) is 12.1 Å². The molecule has 0 fully saturated rings. The maximum Gasteiger partial charge on any atom is 0.355 e. The van der Waals surface area contributed by atoms with Crippen LogP contribution < -0.4 is 65.8 Å². The highest BCUT2D eigenvalue weighted by atomic mass is 16.5. The summed E-state index contributed by atoms with van der Waals surface area (Å²) in [5.41, 5.74) is 22.0. The molecule has 0 bridgehead atoms. The van der Waals surface area contributed by atoms with Gasteiger partial charge in [-0.3, -0.25) is 19.1 Å². The molecule has 0 saturated heterocycles. The Balaban J connectivity index is 0.000000258. The lowest BCUT2D eigenvalue weighted by molar-refractivity contribution is 0.0599. The molecule has 0 aliphatic rings. The van der Waals surface area contributed by atoms with Crippen molar-refractivity contribution < 1.29 is 28.9 Å². The predicted molar refractivity (Wildman–Crippen MR) is 257 cm³/mol. The third-order valence-corrected chi connectivity index (χ3v) is 9.94. The van der Waals surface area contributed by atoms with Crippen LogP contribution in [0, 0.1) is 0 Å². The highest BCUT2D eigenvalue weighted by Crippen LogP contribution is 2.15. The Morgan fingerprint density at radius 3 is 1.19 bits per heavy atom. The maximum absolute atomic E-state index is 13.4. The predicted octanol–water partition coefficient (Wildman–Crippen LogP) is -0.124. The summed E-state index contributed by atoms with van der Waals surface area (Å²) in [7, 11) is 4.41. The Morgan fingerprint density at radius 1 is 0.536 bits per heavy atom. The zero-order chi connectivity index (χ0) is 50.0. The summed E-state index contributed by atoms with van der Waals surface area (Å²) in [6.07, 6.45) is 0. The molecule has 69 heavy (non-hydrogen) atoms. The van der Waals surface area contributed by atoms with Crippen molar-refractivity contribution in [3.63, 3.8) is 0 Å². The minimum Gasteiger partial charge on any atom is -0.497 e. The van der Waals surface area contributed by atoms with Crippen LogP contribution in [-0.4, -0.2) is 105 Å². The number of benzene rings is 4. The molecule has 2 heterocycles. The Kier molecular flexibility index (Phi) is 17.9. The summed E-state index contributed by atoms with van der Waals surface area (Å²) >= 11 is 0. The summed E-state index contributed by atoms with van der Waals surface area (Å²) in [5, 5.41) is 14.9. The van der Waals surface area contributed by atoms with Gasteiger partial charge in [-0.05, 0) is 70.8 Å². The number of methoxy groups -OCH3 is 3. The number of nitrogens with one attached hydrogen (secondary N) is 2. The highest BCUT2D eigenvalue weighted by molar-refractivity contribution is 5.89. The lowest BCUT2D eigenvalue weighted by Crippen LogP contribution is -2.43. The van der Waals surface area contributed by atoms with Crippen LogP contribution in [0.4, 0.5) is 11.9 Å². The van der Waals surface area contributed by atoms with Crippen LogP contribution in [0.25, 0.3) is 0 Å². The summed E-state index contributed by atoms with van der Waals surface area (Å²) in [4.78, 5) is 90.8. The maximum atomic E-state index is 13.4. The molecule has 0 unspecified atom stereocenters. The van der Waals surface area contributed by atoms with Crippen LogP contribution in [-0.2, 0) is 30.9 Å². The van der Waals surface area contributed by atoms with E-state index in [2.05, 4.69) is 30.6 Å². The molecule has 0 amide bonds. The number of nitrogens with zero attached hydrogens (tertiary/aromatic N) is 8. The fourth-order valence-corrected chi connectivity index (χ4v) is 6.40. The Hall–Kier alpha value is -9.22. The van der Waals surface area contributed by atoms with Crippen molar-refractivity contribution in [1.29, 1.82) is 0 Å². The lowest BCUT2D eigenvalue weighted by atomic mass is 10.1. The van der Waals surface area contributed by atoms with Crippen molar-refractivity contribution in [3.05, 3.63) is 172 Å². The van der Waals surface area contributed by atoms with Crippen LogP contribution in [0.1, 0.15) is 43.0 Å². The molecule has 0 aliphatic heterocycles. The summed E-state index contributed by atoms with van der Waals surface area (Å²) < 4.78 is 19.8. The first-order chi connectivity index (χ1) is 33.1. The summed E-state index contributed by atoms with van der Waals surface area (Å²) in [5.74, 6) is -0.168. The van der Waals surface area contributed by atoms with Gasteiger partial charge in [0, 0.05) is 13.1 Å². The van der Waals surface area contributed by atoms with Gasteiger partial charge in [0.1, 0.15) is 11.5 Å². The van der Waals surface area contributed by atoms with Gasteiger partial charge in [0.2, 0.25) is 11.9 Å². The number of carbonyl (C=O) groups excluding carboxylic acids is 1. The van der Waals surface area contributed by atoms with E-state index in [-0.39, 0.29) is 81.7 Å². The van der Waals surface area contributed by atoms with Crippen LogP contribution in [0.15, 0.2) is 126 Å². The Labute approximate surface area is 393 Å². The minimum atomic E-state index is -1.07. The van der Waals surface area contributed by atoms with Crippen molar-refractivity contribution in [3.8, 4) is 11.5 Å². The highest BCUT2D eigenvalue weighted by Gasteiger charge is 2.17. The molecule has 2 aromatic heterocycles. The van der Waals surface area contributed by atoms with E-state index in [1.165, 1.54) is 28.4 Å². The molecule has 6 aromatic rings. The Morgan fingerprint density at radius 2 is 0.870 bits per heavy atom. The van der Waals surface area contributed by atoms with Crippen LogP contribution in [0.3, 0.4) is 0 Å². The van der Waals surface area contributed by atoms with Gasteiger partial charge in [-0.2, -0.15) is 9.97 Å². The van der Waals surface area contributed by atoms with Gasteiger partial charge >= 0.3 is 34.7 Å². The quantitative estimate of drug-likeness (QED) is 0.0227. The number of nitrogens with two attached hydrogens (primary N) is 4. The zero-order valence-electron chi connectivity index (χ0n) is 37.9. The van der Waals surface area contributed by atoms with Gasteiger partial charge in [-0.1, -0.05) is 48.5 Å². The van der Waals surface area contributed by atoms with Gasteiger partial charge in [0.05, 0.1) is 71.7 Å². The number of aromatic nitrogens is 6. The van der Waals surface area contributed by atoms with Crippen LogP contribution >= 0.6 is 0 Å². The van der Waals surface area contributed by atoms with Gasteiger partial charge < -0.3 is 52.9 Å². The number of ether oxygens (including phenoxy) is 3. The van der Waals surface area contributed by atoms with Gasteiger partial charge in [0.15, 0.2) is 11.9 Å². The molecule has 0 radical (unpaired) electrons. The Bertz CT molecular complexity index is 3010. The summed E-state index contributed by atoms with van der Waals surface area (Å²) in [6, 6.07) is 26.6. The molecular weight excluding hydrogens is 897 g/mol. The van der Waals surface area contributed by atoms with E-state index in [4.69, 9.17) is 42.3 Å². The van der Waals surface area contributed by atoms with Crippen molar-refractivity contribution in [2.24, 2.45) is 32.9 Å². The number of hydrogen-bond acceptors (Lipinski definition) is 15. The first kappa shape index (κ1) is 50.8. The molecule has 0 atom stereocenters. The minimum absolute atomic E-state index is 0.0248. The SMILES string of the molecule is COC(=O)c1ccc(Cn2c(=O)nc(NCCN=C(N)N)n(Cc3ccc(OC)cc3)c2=O)cc1.COc1ccc(Cn2c(NCCN=C(N)N)nc(=O)n(Cc3ccc(C(=O)O)cc3)c2=O)cc1. The first-order valence-corrected chi connectivity index (χ1v) is 20.9. The van der Waals surface area contributed by atoms with E-state index < -0.39 is 34.7 Å². The fourth-order valence-electron chi connectivity index (χ4n) is 6.40. The number of carboxylic acids is 1. The zero-order valence-corrected chi connectivity index (χ0v) is 37.9. The second-order valence-electron chi connectivity index (χ2n) is 14.7. The van der Waals surface area contributed by atoms with Crippen LogP contribution in [0.2, 0.25) is 0 Å². The molecule has 0 saturated carbocycles. The fraction of sp³-hybridized carbons (Fsp3) is 0.244. The van der Waals surface area contributed by atoms with E-state index in [9.17, 15) is 28.8 Å². The molecule has 24 heteroatoms. The molecule has 0 spiro atoms. The first-order valence-electron chi connectivity index (χ1n) is 20.9. The largest absolute Gasteiger partial charge is 0.497 e. The van der Waals surface area contributed by atoms with Gasteiger partial charge in [0.25, 0.3) is 0 Å². The molecule has 11 N–H and O–H groups in total. The molecule has 4 aromatic carbocycles. The second-order valence-corrected chi connectivity index (χ2v) is 14.7. The lowest BCUT2D eigenvalue weighted by Gasteiger charge is -2.15. The standard InChI is InChI=1S/C23H27N7O5.C22H25N7O5/c1-34-18-9-5-16(6-10-18)13-29-21(27-12-11-26-20(24)25)28-22(32)30(23(29)33)14-15-3-7-17(8-4-15)19(31)35-2;1-34-17-8-4-15(5-9-17)12-28-20(26-11-10-25-19(23)24)27-21(32)29(22(28)33)13-14-2-6-16(7-3-14)18(30)31/h3-10H,11-14H2,1-2H3,(H4,24,25,26)(H,27,28,32);2-9H,10-13H2,1H3,(H,30,31)(H4,23,24,25)(H,26,27,32). The number of carboxylic acid groups (broad SMARTS) is 1. The average Bonchev–Trinajstić information content (AvgIpc) is 3.34. The normalized spacial score (nSPS) is 10.5. The molecule has 24 nitrogen and oxygen atoms in total. The smallest absolute Gasteiger partial charge is 0.355 e. The van der Waals surface area contributed by atoms with E-state index in [0.29, 0.717) is 28.2 Å². The molecule has 0 aliphatic carbocycles. The molecular formula is C45H52N14O10. The number of guanidine groups is 2. The van der Waals surface area contributed by atoms with Crippen molar-refractivity contribution >= 4 is 35.8 Å². The number of aromatic carboxylic acids is 1. The number of esters is 1. The third-order valence-electron chi connectivity index (χ3n) is 9.94. The number of anilines is 2. The van der Waals surface area contributed by atoms with E-state index in [0.717, 1.165) is 20.3 Å². The number of hydrogen-bond donors (Lipinski definition) is 7. The van der Waals surface area contributed by atoms with Gasteiger partial charge in [-0.15, -0.1) is 0 Å². The molecule has 362 valence electrons. The topological polar surface area (TPSA) is 349 Å². The number of aliphatic imine (C=N–C) groups is 2. The molecule has 6 rings (SSSR count). The van der Waals surface area contributed by atoms with Crippen LogP contribution in [0.5, 0.6) is 11.5 Å². The van der Waals surface area contributed by atoms with E-state index in [1.54, 1.807) is 87.0 Å². The average molecular weight is 949 g/mol. The summed E-state index contributed by atoms with van der Waals surface area (Å²) in [6.45, 7) is 1.15.